The van der Waals surface area contributed by atoms with Gasteiger partial charge in [-0.2, -0.15) is 0 Å². The highest BCUT2D eigenvalue weighted by Crippen LogP contribution is 2.21. The number of carbonyl (C=O) groups excluding carboxylic acids is 1. The van der Waals surface area contributed by atoms with Crippen LogP contribution in [-0.4, -0.2) is 27.4 Å². The Labute approximate surface area is 156 Å². The molecule has 5 nitrogen and oxygen atoms in total. The van der Waals surface area contributed by atoms with Crippen LogP contribution in [0.25, 0.3) is 10.9 Å². The van der Waals surface area contributed by atoms with Crippen LogP contribution < -0.4 is 5.56 Å². The fraction of sp³-hybridized carbons (Fsp3) is 0.250. The molecule has 0 aliphatic carbocycles. The smallest absolute Gasteiger partial charge is 0.261 e. The first-order chi connectivity index (χ1) is 12.4. The molecule has 0 fully saturated rings. The molecular weight excluding hydrogens is 350 g/mol. The van der Waals surface area contributed by atoms with E-state index in [9.17, 15) is 9.59 Å². The Hall–Kier alpha value is -2.66. The molecule has 1 heterocycles. The Bertz CT molecular complexity index is 1010. The standard InChI is InChI=1S/C20H20ClN3O2/c1-13-5-4-6-17-19(13)22-12-24(20(17)26)11-18(25)23(3)14(2)15-7-9-16(21)10-8-15/h4-10,12,14H,11H2,1-3H3/t14-/m0/s1. The first-order valence-electron chi connectivity index (χ1n) is 8.34. The van der Waals surface area contributed by atoms with Crippen molar-refractivity contribution >= 4 is 28.4 Å². The number of para-hydroxylation sites is 1. The first kappa shape index (κ1) is 18.1. The lowest BCUT2D eigenvalue weighted by molar-refractivity contribution is -0.132. The zero-order valence-electron chi connectivity index (χ0n) is 14.9. The van der Waals surface area contributed by atoms with Gasteiger partial charge in [0.25, 0.3) is 5.56 Å². The fourth-order valence-electron chi connectivity index (χ4n) is 2.89. The minimum atomic E-state index is -0.209. The van der Waals surface area contributed by atoms with Gasteiger partial charge < -0.3 is 4.90 Å². The third kappa shape index (κ3) is 3.48. The van der Waals surface area contributed by atoms with Gasteiger partial charge in [-0.1, -0.05) is 35.9 Å². The van der Waals surface area contributed by atoms with Crippen molar-refractivity contribution in [1.29, 1.82) is 0 Å². The number of aromatic nitrogens is 2. The molecule has 0 N–H and O–H groups in total. The monoisotopic (exact) mass is 369 g/mol. The number of likely N-dealkylation sites (N-methyl/N-ethyl adjacent to an activating group) is 1. The molecule has 1 aromatic heterocycles. The molecule has 2 aromatic carbocycles. The number of halogens is 1. The van der Waals surface area contributed by atoms with Gasteiger partial charge in [-0.15, -0.1) is 0 Å². The second-order valence-electron chi connectivity index (χ2n) is 6.38. The number of nitrogens with zero attached hydrogens (tertiary/aromatic N) is 3. The molecule has 6 heteroatoms. The van der Waals surface area contributed by atoms with Crippen molar-refractivity contribution in [3.63, 3.8) is 0 Å². The summed E-state index contributed by atoms with van der Waals surface area (Å²) in [5, 5.41) is 1.17. The first-order valence-corrected chi connectivity index (χ1v) is 8.72. The summed E-state index contributed by atoms with van der Waals surface area (Å²) in [6.45, 7) is 3.79. The molecule has 0 aliphatic heterocycles. The van der Waals surface area contributed by atoms with Crippen LogP contribution >= 0.6 is 11.6 Å². The summed E-state index contributed by atoms with van der Waals surface area (Å²) in [6.07, 6.45) is 1.44. The summed E-state index contributed by atoms with van der Waals surface area (Å²) in [4.78, 5) is 31.3. The minimum Gasteiger partial charge on any atom is -0.337 e. The molecular formula is C20H20ClN3O2. The van der Waals surface area contributed by atoms with Crippen LogP contribution in [0.4, 0.5) is 0 Å². The van der Waals surface area contributed by atoms with E-state index in [1.54, 1.807) is 30.1 Å². The van der Waals surface area contributed by atoms with E-state index in [4.69, 9.17) is 11.6 Å². The van der Waals surface area contributed by atoms with Gasteiger partial charge >= 0.3 is 0 Å². The SMILES string of the molecule is Cc1cccc2c(=O)n(CC(=O)N(C)[C@@H](C)c3ccc(Cl)cc3)cnc12. The molecule has 0 aliphatic rings. The number of amides is 1. The Morgan fingerprint density at radius 2 is 1.92 bits per heavy atom. The summed E-state index contributed by atoms with van der Waals surface area (Å²) in [6, 6.07) is 12.7. The zero-order chi connectivity index (χ0) is 18.8. The summed E-state index contributed by atoms with van der Waals surface area (Å²) in [7, 11) is 1.73. The van der Waals surface area contributed by atoms with Crippen LogP contribution in [0.15, 0.2) is 53.6 Å². The highest BCUT2D eigenvalue weighted by molar-refractivity contribution is 6.30. The second kappa shape index (κ2) is 7.30. The summed E-state index contributed by atoms with van der Waals surface area (Å²) in [5.74, 6) is -0.164. The molecule has 0 unspecified atom stereocenters. The van der Waals surface area contributed by atoms with E-state index in [0.717, 1.165) is 11.1 Å². The third-order valence-corrected chi connectivity index (χ3v) is 4.94. The van der Waals surface area contributed by atoms with Crippen LogP contribution in [0.1, 0.15) is 24.1 Å². The number of carbonyl (C=O) groups is 1. The van der Waals surface area contributed by atoms with Crippen molar-refractivity contribution in [2.45, 2.75) is 26.4 Å². The highest BCUT2D eigenvalue weighted by atomic mass is 35.5. The highest BCUT2D eigenvalue weighted by Gasteiger charge is 2.18. The van der Waals surface area contributed by atoms with E-state index >= 15 is 0 Å². The Balaban J connectivity index is 1.83. The van der Waals surface area contributed by atoms with Gasteiger partial charge in [0, 0.05) is 12.1 Å². The van der Waals surface area contributed by atoms with E-state index in [1.165, 1.54) is 10.9 Å². The van der Waals surface area contributed by atoms with Gasteiger partial charge in [-0.25, -0.2) is 4.98 Å². The van der Waals surface area contributed by atoms with Crippen molar-refractivity contribution < 1.29 is 4.79 Å². The molecule has 3 rings (SSSR count). The molecule has 0 saturated carbocycles. The number of aryl methyl sites for hydroxylation is 1. The summed E-state index contributed by atoms with van der Waals surface area (Å²) < 4.78 is 1.36. The van der Waals surface area contributed by atoms with E-state index in [2.05, 4.69) is 4.98 Å². The number of hydrogen-bond acceptors (Lipinski definition) is 3. The molecule has 3 aromatic rings. The van der Waals surface area contributed by atoms with Gasteiger partial charge in [0.05, 0.1) is 23.3 Å². The Kier molecular flexibility index (Phi) is 5.09. The van der Waals surface area contributed by atoms with Crippen LogP contribution in [0.2, 0.25) is 5.02 Å². The second-order valence-corrected chi connectivity index (χ2v) is 6.82. The molecule has 0 saturated heterocycles. The molecule has 1 atom stereocenters. The van der Waals surface area contributed by atoms with E-state index in [-0.39, 0.29) is 24.1 Å². The molecule has 0 bridgehead atoms. The Morgan fingerprint density at radius 1 is 1.23 bits per heavy atom. The maximum atomic E-state index is 12.7. The summed E-state index contributed by atoms with van der Waals surface area (Å²) >= 11 is 5.92. The molecule has 134 valence electrons. The predicted octanol–water partition coefficient (Wildman–Crippen LogP) is 3.58. The molecule has 1 amide bonds. The average molecular weight is 370 g/mol. The number of rotatable bonds is 4. The van der Waals surface area contributed by atoms with Crippen LogP contribution in [-0.2, 0) is 11.3 Å². The van der Waals surface area contributed by atoms with E-state index in [0.29, 0.717) is 15.9 Å². The molecule has 0 spiro atoms. The number of fused-ring (bicyclic) bond motifs is 1. The van der Waals surface area contributed by atoms with Crippen LogP contribution in [0.5, 0.6) is 0 Å². The van der Waals surface area contributed by atoms with Crippen molar-refractivity contribution in [1.82, 2.24) is 14.5 Å². The molecule has 26 heavy (non-hydrogen) atoms. The zero-order valence-corrected chi connectivity index (χ0v) is 15.7. The lowest BCUT2D eigenvalue weighted by Gasteiger charge is -2.25. The van der Waals surface area contributed by atoms with Crippen molar-refractivity contribution in [3.05, 3.63) is 75.3 Å². The number of hydrogen-bond donors (Lipinski definition) is 0. The molecule has 0 radical (unpaired) electrons. The van der Waals surface area contributed by atoms with Gasteiger partial charge in [0.15, 0.2) is 0 Å². The number of benzene rings is 2. The van der Waals surface area contributed by atoms with Gasteiger partial charge in [-0.3, -0.25) is 14.2 Å². The topological polar surface area (TPSA) is 55.2 Å². The van der Waals surface area contributed by atoms with Gasteiger partial charge in [0.1, 0.15) is 6.54 Å². The lowest BCUT2D eigenvalue weighted by atomic mass is 10.1. The quantitative estimate of drug-likeness (QED) is 0.706. The maximum Gasteiger partial charge on any atom is 0.261 e. The maximum absolute atomic E-state index is 12.7. The Morgan fingerprint density at radius 3 is 2.62 bits per heavy atom. The third-order valence-electron chi connectivity index (χ3n) is 4.69. The van der Waals surface area contributed by atoms with Gasteiger partial charge in [-0.05, 0) is 43.2 Å². The lowest BCUT2D eigenvalue weighted by Crippen LogP contribution is -2.35. The van der Waals surface area contributed by atoms with Crippen molar-refractivity contribution in [2.24, 2.45) is 0 Å². The van der Waals surface area contributed by atoms with E-state index in [1.807, 2.05) is 38.1 Å². The van der Waals surface area contributed by atoms with Gasteiger partial charge in [0.2, 0.25) is 5.91 Å². The minimum absolute atomic E-state index is 0.0514. The van der Waals surface area contributed by atoms with Crippen LogP contribution in [0, 0.1) is 6.92 Å². The average Bonchev–Trinajstić information content (AvgIpc) is 2.64. The van der Waals surface area contributed by atoms with E-state index < -0.39 is 0 Å². The summed E-state index contributed by atoms with van der Waals surface area (Å²) in [5.41, 5.74) is 2.38. The largest absolute Gasteiger partial charge is 0.337 e. The van der Waals surface area contributed by atoms with Crippen molar-refractivity contribution in [2.75, 3.05) is 7.05 Å². The fourth-order valence-corrected chi connectivity index (χ4v) is 3.01. The van der Waals surface area contributed by atoms with Crippen molar-refractivity contribution in [3.8, 4) is 0 Å². The normalized spacial score (nSPS) is 12.2. The predicted molar refractivity (Wildman–Crippen MR) is 103 cm³/mol. The van der Waals surface area contributed by atoms with Crippen LogP contribution in [0.3, 0.4) is 0 Å².